The summed E-state index contributed by atoms with van der Waals surface area (Å²) in [6, 6.07) is 3.68. The Hall–Kier alpha value is -0.840. The standard InChI is InChI=1S/C12H16Cl2N2O2/c1-8(2)16(7-11(17)18-3)6-9-4-5-10(13)15-12(9)14/h4-5,8H,6-7H2,1-3H3. The van der Waals surface area contributed by atoms with Crippen molar-refractivity contribution in [1.29, 1.82) is 0 Å². The van der Waals surface area contributed by atoms with Gasteiger partial charge >= 0.3 is 5.97 Å². The number of esters is 1. The number of carbonyl (C=O) groups is 1. The van der Waals surface area contributed by atoms with Gasteiger partial charge in [0.15, 0.2) is 0 Å². The van der Waals surface area contributed by atoms with E-state index in [1.807, 2.05) is 24.8 Å². The largest absolute Gasteiger partial charge is 0.468 e. The third-order valence-corrected chi connectivity index (χ3v) is 3.09. The molecule has 0 fully saturated rings. The first-order valence-electron chi connectivity index (χ1n) is 5.55. The van der Waals surface area contributed by atoms with Gasteiger partial charge in [-0.05, 0) is 19.9 Å². The fourth-order valence-electron chi connectivity index (χ4n) is 1.43. The molecule has 0 aliphatic rings. The van der Waals surface area contributed by atoms with Gasteiger partial charge in [-0.15, -0.1) is 0 Å². The van der Waals surface area contributed by atoms with Crippen LogP contribution in [0.2, 0.25) is 10.3 Å². The highest BCUT2D eigenvalue weighted by molar-refractivity contribution is 6.32. The molecule has 18 heavy (non-hydrogen) atoms. The molecule has 1 heterocycles. The second kappa shape index (κ2) is 6.92. The number of ether oxygens (including phenoxy) is 1. The number of pyridine rings is 1. The summed E-state index contributed by atoms with van der Waals surface area (Å²) < 4.78 is 4.67. The molecule has 0 N–H and O–H groups in total. The van der Waals surface area contributed by atoms with Gasteiger partial charge in [0.25, 0.3) is 0 Å². The Balaban J connectivity index is 2.80. The lowest BCUT2D eigenvalue weighted by Gasteiger charge is -2.25. The summed E-state index contributed by atoms with van der Waals surface area (Å²) in [5, 5.41) is 0.714. The minimum atomic E-state index is -0.276. The molecule has 1 aromatic heterocycles. The Morgan fingerprint density at radius 1 is 1.44 bits per heavy atom. The maximum atomic E-state index is 11.3. The summed E-state index contributed by atoms with van der Waals surface area (Å²) >= 11 is 11.7. The zero-order chi connectivity index (χ0) is 13.7. The highest BCUT2D eigenvalue weighted by atomic mass is 35.5. The van der Waals surface area contributed by atoms with Crippen LogP contribution in [0.1, 0.15) is 19.4 Å². The van der Waals surface area contributed by atoms with Crippen LogP contribution < -0.4 is 0 Å². The van der Waals surface area contributed by atoms with Crippen LogP contribution in [0.25, 0.3) is 0 Å². The zero-order valence-electron chi connectivity index (χ0n) is 10.6. The summed E-state index contributed by atoms with van der Waals surface area (Å²) in [5.74, 6) is -0.276. The van der Waals surface area contributed by atoms with Gasteiger partial charge in [-0.25, -0.2) is 4.98 Å². The molecule has 0 aliphatic heterocycles. The topological polar surface area (TPSA) is 42.4 Å². The predicted molar refractivity (Wildman–Crippen MR) is 71.8 cm³/mol. The Morgan fingerprint density at radius 2 is 2.11 bits per heavy atom. The van der Waals surface area contributed by atoms with Crippen LogP contribution in [0.3, 0.4) is 0 Å². The zero-order valence-corrected chi connectivity index (χ0v) is 12.1. The molecule has 1 rings (SSSR count). The van der Waals surface area contributed by atoms with Crippen LogP contribution >= 0.6 is 23.2 Å². The number of carbonyl (C=O) groups excluding carboxylic acids is 1. The Kier molecular flexibility index (Phi) is 5.85. The van der Waals surface area contributed by atoms with Crippen molar-refractivity contribution >= 4 is 29.2 Å². The molecule has 4 nitrogen and oxygen atoms in total. The van der Waals surface area contributed by atoms with Crippen molar-refractivity contribution in [3.63, 3.8) is 0 Å². The quantitative estimate of drug-likeness (QED) is 0.618. The first-order valence-corrected chi connectivity index (χ1v) is 6.31. The molecule has 6 heteroatoms. The van der Waals surface area contributed by atoms with Gasteiger partial charge in [0.1, 0.15) is 10.3 Å². The van der Waals surface area contributed by atoms with Crippen molar-refractivity contribution < 1.29 is 9.53 Å². The lowest BCUT2D eigenvalue weighted by molar-refractivity contribution is -0.142. The van der Waals surface area contributed by atoms with Crippen LogP contribution in [0.4, 0.5) is 0 Å². The molecular formula is C12H16Cl2N2O2. The maximum absolute atomic E-state index is 11.3. The fourth-order valence-corrected chi connectivity index (χ4v) is 1.83. The molecule has 1 aromatic rings. The summed E-state index contributed by atoms with van der Waals surface area (Å²) in [4.78, 5) is 17.2. The minimum Gasteiger partial charge on any atom is -0.468 e. The molecule has 0 bridgehead atoms. The number of nitrogens with zero attached hydrogens (tertiary/aromatic N) is 2. The Labute approximate surface area is 117 Å². The first-order chi connectivity index (χ1) is 8.43. The van der Waals surface area contributed by atoms with E-state index in [-0.39, 0.29) is 18.6 Å². The van der Waals surface area contributed by atoms with E-state index >= 15 is 0 Å². The molecule has 100 valence electrons. The minimum absolute atomic E-state index is 0.191. The normalized spacial score (nSPS) is 11.1. The molecule has 0 aromatic carbocycles. The van der Waals surface area contributed by atoms with Crippen LogP contribution in [0, 0.1) is 0 Å². The van der Waals surface area contributed by atoms with E-state index in [0.29, 0.717) is 16.9 Å². The van der Waals surface area contributed by atoms with Crippen LogP contribution in [-0.2, 0) is 16.1 Å². The summed E-state index contributed by atoms with van der Waals surface area (Å²) in [6.45, 7) is 4.74. The maximum Gasteiger partial charge on any atom is 0.319 e. The fraction of sp³-hybridized carbons (Fsp3) is 0.500. The van der Waals surface area contributed by atoms with Gasteiger partial charge in [-0.1, -0.05) is 29.3 Å². The summed E-state index contributed by atoms with van der Waals surface area (Å²) in [6.07, 6.45) is 0. The average Bonchev–Trinajstić information content (AvgIpc) is 2.30. The van der Waals surface area contributed by atoms with Gasteiger partial charge in [0, 0.05) is 18.2 Å². The highest BCUT2D eigenvalue weighted by Gasteiger charge is 2.16. The van der Waals surface area contributed by atoms with Crippen molar-refractivity contribution in [2.45, 2.75) is 26.4 Å². The Morgan fingerprint density at radius 3 is 2.61 bits per heavy atom. The molecule has 0 saturated carbocycles. The summed E-state index contributed by atoms with van der Waals surface area (Å²) in [7, 11) is 1.37. The van der Waals surface area contributed by atoms with Gasteiger partial charge in [0.2, 0.25) is 0 Å². The van der Waals surface area contributed by atoms with E-state index in [1.54, 1.807) is 6.07 Å². The van der Waals surface area contributed by atoms with Gasteiger partial charge in [-0.3, -0.25) is 9.69 Å². The van der Waals surface area contributed by atoms with E-state index in [4.69, 9.17) is 23.2 Å². The number of hydrogen-bond donors (Lipinski definition) is 0. The number of halogens is 2. The van der Waals surface area contributed by atoms with Gasteiger partial charge in [0.05, 0.1) is 13.7 Å². The number of aromatic nitrogens is 1. The van der Waals surface area contributed by atoms with Gasteiger partial charge in [-0.2, -0.15) is 0 Å². The molecule has 0 spiro atoms. The smallest absolute Gasteiger partial charge is 0.319 e. The molecule has 0 radical (unpaired) electrons. The van der Waals surface area contributed by atoms with E-state index < -0.39 is 0 Å². The third-order valence-electron chi connectivity index (χ3n) is 2.56. The monoisotopic (exact) mass is 290 g/mol. The van der Waals surface area contributed by atoms with Gasteiger partial charge < -0.3 is 4.74 Å². The van der Waals surface area contributed by atoms with E-state index in [9.17, 15) is 4.79 Å². The van der Waals surface area contributed by atoms with Crippen molar-refractivity contribution in [2.75, 3.05) is 13.7 Å². The second-order valence-corrected chi connectivity index (χ2v) is 4.90. The third kappa shape index (κ3) is 4.44. The number of rotatable bonds is 5. The van der Waals surface area contributed by atoms with Crippen LogP contribution in [-0.4, -0.2) is 35.5 Å². The molecule has 0 amide bonds. The van der Waals surface area contributed by atoms with Crippen molar-refractivity contribution in [3.05, 3.63) is 28.0 Å². The van der Waals surface area contributed by atoms with Crippen molar-refractivity contribution in [3.8, 4) is 0 Å². The van der Waals surface area contributed by atoms with Crippen LogP contribution in [0.5, 0.6) is 0 Å². The molecule has 0 unspecified atom stereocenters. The number of methoxy groups -OCH3 is 1. The predicted octanol–water partition coefficient (Wildman–Crippen LogP) is 2.77. The molecular weight excluding hydrogens is 275 g/mol. The lowest BCUT2D eigenvalue weighted by Crippen LogP contribution is -2.35. The first kappa shape index (κ1) is 15.2. The highest BCUT2D eigenvalue weighted by Crippen LogP contribution is 2.19. The Bertz CT molecular complexity index is 425. The molecule has 0 saturated heterocycles. The molecule has 0 atom stereocenters. The average molecular weight is 291 g/mol. The SMILES string of the molecule is COC(=O)CN(Cc1ccc(Cl)nc1Cl)C(C)C. The molecule has 0 aliphatic carbocycles. The second-order valence-electron chi connectivity index (χ2n) is 4.16. The summed E-state index contributed by atoms with van der Waals surface area (Å²) in [5.41, 5.74) is 0.832. The van der Waals surface area contributed by atoms with Crippen LogP contribution in [0.15, 0.2) is 12.1 Å². The van der Waals surface area contributed by atoms with E-state index in [0.717, 1.165) is 5.56 Å². The lowest BCUT2D eigenvalue weighted by atomic mass is 10.2. The van der Waals surface area contributed by atoms with Crippen molar-refractivity contribution in [2.24, 2.45) is 0 Å². The number of hydrogen-bond acceptors (Lipinski definition) is 4. The van der Waals surface area contributed by atoms with E-state index in [1.165, 1.54) is 7.11 Å². The van der Waals surface area contributed by atoms with Crippen molar-refractivity contribution in [1.82, 2.24) is 9.88 Å². The van der Waals surface area contributed by atoms with E-state index in [2.05, 4.69) is 9.72 Å².